The summed E-state index contributed by atoms with van der Waals surface area (Å²) in [6.07, 6.45) is 1.72. The molecule has 1 aromatic rings. The Labute approximate surface area is 79.8 Å². The highest BCUT2D eigenvalue weighted by molar-refractivity contribution is 9.10. The van der Waals surface area contributed by atoms with Gasteiger partial charge in [-0.3, -0.25) is 0 Å². The molecule has 1 heterocycles. The van der Waals surface area contributed by atoms with Crippen molar-refractivity contribution in [3.8, 4) is 5.75 Å². The molecule has 0 amide bonds. The fraction of sp³-hybridized carbons (Fsp3) is 0.375. The third-order valence-electron chi connectivity index (χ3n) is 1.38. The van der Waals surface area contributed by atoms with Gasteiger partial charge in [-0.25, -0.2) is 4.98 Å². The Balaban J connectivity index is 2.81. The topological polar surface area (TPSA) is 31.4 Å². The molecule has 0 saturated heterocycles. The van der Waals surface area contributed by atoms with Crippen LogP contribution in [-0.2, 0) is 4.74 Å². The van der Waals surface area contributed by atoms with Gasteiger partial charge in [0.1, 0.15) is 4.60 Å². The van der Waals surface area contributed by atoms with E-state index < -0.39 is 0 Å². The van der Waals surface area contributed by atoms with E-state index in [2.05, 4.69) is 20.9 Å². The zero-order valence-electron chi connectivity index (χ0n) is 7.00. The van der Waals surface area contributed by atoms with Gasteiger partial charge in [0.15, 0.2) is 12.5 Å². The molecule has 0 bridgehead atoms. The maximum Gasteiger partial charge on any atom is 0.188 e. The third-order valence-corrected chi connectivity index (χ3v) is 1.94. The number of rotatable bonds is 3. The molecule has 0 N–H and O–H groups in total. The normalized spacial score (nSPS) is 9.92. The van der Waals surface area contributed by atoms with E-state index in [1.807, 2.05) is 13.0 Å². The van der Waals surface area contributed by atoms with Crippen LogP contribution in [0.2, 0.25) is 0 Å². The summed E-state index contributed by atoms with van der Waals surface area (Å²) in [5.41, 5.74) is 1.04. The van der Waals surface area contributed by atoms with Gasteiger partial charge >= 0.3 is 0 Å². The van der Waals surface area contributed by atoms with Crippen LogP contribution < -0.4 is 4.74 Å². The first-order valence-corrected chi connectivity index (χ1v) is 4.28. The zero-order chi connectivity index (χ0) is 8.97. The molecule has 0 fully saturated rings. The first-order chi connectivity index (χ1) is 5.75. The second-order valence-electron chi connectivity index (χ2n) is 2.30. The SMILES string of the molecule is COCOc1c(C)ccnc1Br. The van der Waals surface area contributed by atoms with Gasteiger partial charge in [0, 0.05) is 13.3 Å². The molecule has 0 unspecified atom stereocenters. The van der Waals surface area contributed by atoms with Crippen LogP contribution in [0.4, 0.5) is 0 Å². The van der Waals surface area contributed by atoms with E-state index in [4.69, 9.17) is 9.47 Å². The number of methoxy groups -OCH3 is 1. The van der Waals surface area contributed by atoms with Gasteiger partial charge in [-0.05, 0) is 34.5 Å². The maximum atomic E-state index is 5.29. The lowest BCUT2D eigenvalue weighted by molar-refractivity contribution is 0.0497. The average Bonchev–Trinajstić information content (AvgIpc) is 2.04. The largest absolute Gasteiger partial charge is 0.464 e. The molecule has 0 aromatic carbocycles. The van der Waals surface area contributed by atoms with Crippen LogP contribution in [0.5, 0.6) is 5.75 Å². The molecule has 3 nitrogen and oxygen atoms in total. The number of aryl methyl sites for hydroxylation is 1. The van der Waals surface area contributed by atoms with Gasteiger partial charge in [0.05, 0.1) is 0 Å². The van der Waals surface area contributed by atoms with Crippen molar-refractivity contribution in [1.82, 2.24) is 4.98 Å². The number of hydrogen-bond donors (Lipinski definition) is 0. The van der Waals surface area contributed by atoms with Crippen LogP contribution in [0, 0.1) is 6.92 Å². The predicted molar refractivity (Wildman–Crippen MR) is 49.2 cm³/mol. The molecule has 0 aliphatic carbocycles. The second-order valence-corrected chi connectivity index (χ2v) is 3.05. The van der Waals surface area contributed by atoms with E-state index in [0.29, 0.717) is 4.60 Å². The molecule has 1 aromatic heterocycles. The summed E-state index contributed by atoms with van der Waals surface area (Å²) in [4.78, 5) is 4.03. The number of pyridine rings is 1. The van der Waals surface area contributed by atoms with Crippen LogP contribution >= 0.6 is 15.9 Å². The summed E-state index contributed by atoms with van der Waals surface area (Å²) >= 11 is 3.29. The zero-order valence-corrected chi connectivity index (χ0v) is 8.59. The van der Waals surface area contributed by atoms with Gasteiger partial charge in [-0.1, -0.05) is 0 Å². The van der Waals surface area contributed by atoms with Crippen molar-refractivity contribution in [2.75, 3.05) is 13.9 Å². The van der Waals surface area contributed by atoms with Crippen molar-refractivity contribution in [3.63, 3.8) is 0 Å². The Kier molecular flexibility index (Phi) is 3.49. The Morgan fingerprint density at radius 1 is 1.58 bits per heavy atom. The molecule has 0 aliphatic heterocycles. The fourth-order valence-electron chi connectivity index (χ4n) is 0.803. The van der Waals surface area contributed by atoms with Crippen molar-refractivity contribution in [1.29, 1.82) is 0 Å². The highest BCUT2D eigenvalue weighted by Crippen LogP contribution is 2.25. The van der Waals surface area contributed by atoms with E-state index in [-0.39, 0.29) is 6.79 Å². The Bertz CT molecular complexity index is 245. The lowest BCUT2D eigenvalue weighted by atomic mass is 10.3. The fourth-order valence-corrected chi connectivity index (χ4v) is 1.35. The monoisotopic (exact) mass is 231 g/mol. The van der Waals surface area contributed by atoms with Crippen LogP contribution in [-0.4, -0.2) is 18.9 Å². The molecule has 0 spiro atoms. The van der Waals surface area contributed by atoms with Crippen molar-refractivity contribution in [2.45, 2.75) is 6.92 Å². The molecular formula is C8H10BrNO2. The quantitative estimate of drug-likeness (QED) is 0.591. The lowest BCUT2D eigenvalue weighted by Crippen LogP contribution is -2.01. The van der Waals surface area contributed by atoms with Crippen molar-refractivity contribution in [2.24, 2.45) is 0 Å². The smallest absolute Gasteiger partial charge is 0.188 e. The summed E-state index contributed by atoms with van der Waals surface area (Å²) in [5, 5.41) is 0. The van der Waals surface area contributed by atoms with Crippen molar-refractivity contribution >= 4 is 15.9 Å². The van der Waals surface area contributed by atoms with E-state index >= 15 is 0 Å². The van der Waals surface area contributed by atoms with Crippen molar-refractivity contribution < 1.29 is 9.47 Å². The molecule has 0 radical (unpaired) electrons. The van der Waals surface area contributed by atoms with E-state index in [1.54, 1.807) is 13.3 Å². The summed E-state index contributed by atoms with van der Waals surface area (Å²) < 4.78 is 10.8. The Morgan fingerprint density at radius 3 is 2.92 bits per heavy atom. The van der Waals surface area contributed by atoms with Gasteiger partial charge in [-0.15, -0.1) is 0 Å². The standard InChI is InChI=1S/C8H10BrNO2/c1-6-3-4-10-8(9)7(6)12-5-11-2/h3-4H,5H2,1-2H3. The molecule has 1 rings (SSSR count). The van der Waals surface area contributed by atoms with Gasteiger partial charge in [0.2, 0.25) is 0 Å². The number of hydrogen-bond acceptors (Lipinski definition) is 3. The highest BCUT2D eigenvalue weighted by atomic mass is 79.9. The Morgan fingerprint density at radius 2 is 2.33 bits per heavy atom. The molecule has 12 heavy (non-hydrogen) atoms. The van der Waals surface area contributed by atoms with E-state index in [9.17, 15) is 0 Å². The summed E-state index contributed by atoms with van der Waals surface area (Å²) in [5.74, 6) is 0.736. The van der Waals surface area contributed by atoms with Gasteiger partial charge in [-0.2, -0.15) is 0 Å². The molecule has 0 aliphatic rings. The minimum atomic E-state index is 0.241. The lowest BCUT2D eigenvalue weighted by Gasteiger charge is -2.08. The molecule has 4 heteroatoms. The van der Waals surface area contributed by atoms with Gasteiger partial charge < -0.3 is 9.47 Å². The third kappa shape index (κ3) is 2.19. The number of nitrogens with zero attached hydrogens (tertiary/aromatic N) is 1. The second kappa shape index (κ2) is 4.42. The molecular weight excluding hydrogens is 222 g/mol. The molecule has 0 saturated carbocycles. The number of aromatic nitrogens is 1. The average molecular weight is 232 g/mol. The predicted octanol–water partition coefficient (Wildman–Crippen LogP) is 2.14. The van der Waals surface area contributed by atoms with Gasteiger partial charge in [0.25, 0.3) is 0 Å². The minimum absolute atomic E-state index is 0.241. The molecule has 0 atom stereocenters. The minimum Gasteiger partial charge on any atom is -0.464 e. The first-order valence-electron chi connectivity index (χ1n) is 3.48. The maximum absolute atomic E-state index is 5.29. The van der Waals surface area contributed by atoms with Crippen LogP contribution in [0.15, 0.2) is 16.9 Å². The number of halogens is 1. The van der Waals surface area contributed by atoms with E-state index in [0.717, 1.165) is 11.3 Å². The summed E-state index contributed by atoms with van der Waals surface area (Å²) in [6.45, 7) is 2.20. The Hall–Kier alpha value is -0.610. The summed E-state index contributed by atoms with van der Waals surface area (Å²) in [6, 6.07) is 1.88. The number of ether oxygens (including phenoxy) is 2. The summed E-state index contributed by atoms with van der Waals surface area (Å²) in [7, 11) is 1.58. The first kappa shape index (κ1) is 9.48. The van der Waals surface area contributed by atoms with Crippen LogP contribution in [0.25, 0.3) is 0 Å². The highest BCUT2D eigenvalue weighted by Gasteiger charge is 2.04. The van der Waals surface area contributed by atoms with E-state index in [1.165, 1.54) is 0 Å². The molecule has 66 valence electrons. The van der Waals surface area contributed by atoms with Crippen molar-refractivity contribution in [3.05, 3.63) is 22.4 Å². The van der Waals surface area contributed by atoms with Crippen LogP contribution in [0.3, 0.4) is 0 Å². The van der Waals surface area contributed by atoms with Crippen LogP contribution in [0.1, 0.15) is 5.56 Å².